The number of carbonyl (C=O) groups excluding carboxylic acids is 3. The molecule has 0 radical (unpaired) electrons. The lowest BCUT2D eigenvalue weighted by atomic mass is 9.85. The molecule has 8 rings (SSSR count). The van der Waals surface area contributed by atoms with Gasteiger partial charge >= 0.3 is 24.5 Å². The van der Waals surface area contributed by atoms with Gasteiger partial charge in [-0.2, -0.15) is 26.3 Å². The number of benzene rings is 2. The van der Waals surface area contributed by atoms with E-state index < -0.39 is 34.7 Å². The highest BCUT2D eigenvalue weighted by molar-refractivity contribution is 7.20. The number of nitrogens with zero attached hydrogens (tertiary/aromatic N) is 4. The second-order valence-corrected chi connectivity index (χ2v) is 21.5. The number of carbonyl (C=O) groups is 3. The van der Waals surface area contributed by atoms with Crippen LogP contribution in [0, 0.1) is 0 Å². The molecule has 2 aromatic carbocycles. The molecule has 0 aliphatic carbocycles. The summed E-state index contributed by atoms with van der Waals surface area (Å²) < 4.78 is 90.3. The van der Waals surface area contributed by atoms with Crippen molar-refractivity contribution in [1.29, 1.82) is 0 Å². The van der Waals surface area contributed by atoms with Crippen LogP contribution in [0.4, 0.5) is 35.9 Å². The quantitative estimate of drug-likeness (QED) is 0.190. The molecule has 2 spiro atoms. The zero-order chi connectivity index (χ0) is 45.8. The number of thiophene rings is 2. The largest absolute Gasteiger partial charge is 0.444 e. The Hall–Kier alpha value is -4.09. The molecule has 4 aliphatic heterocycles. The van der Waals surface area contributed by atoms with Gasteiger partial charge in [-0.25, -0.2) is 9.59 Å². The van der Waals surface area contributed by atoms with Gasteiger partial charge in [0.1, 0.15) is 11.2 Å². The van der Waals surface area contributed by atoms with Gasteiger partial charge in [-0.3, -0.25) is 9.69 Å². The van der Waals surface area contributed by atoms with E-state index in [-0.39, 0.29) is 29.2 Å². The van der Waals surface area contributed by atoms with Gasteiger partial charge in [0, 0.05) is 64.6 Å². The predicted octanol–water partition coefficient (Wildman–Crippen LogP) is 12.2. The number of halogens is 6. The molecule has 0 unspecified atom stereocenters. The van der Waals surface area contributed by atoms with Crippen LogP contribution in [0.25, 0.3) is 20.2 Å². The molecule has 63 heavy (non-hydrogen) atoms. The second kappa shape index (κ2) is 17.4. The van der Waals surface area contributed by atoms with Crippen LogP contribution >= 0.6 is 22.7 Å². The highest BCUT2D eigenvalue weighted by Gasteiger charge is 2.47. The van der Waals surface area contributed by atoms with Crippen LogP contribution in [-0.4, -0.2) is 99.2 Å². The van der Waals surface area contributed by atoms with Gasteiger partial charge < -0.3 is 24.2 Å². The summed E-state index contributed by atoms with van der Waals surface area (Å²) >= 11 is 2.55. The van der Waals surface area contributed by atoms with Crippen LogP contribution in [0.3, 0.4) is 0 Å². The van der Waals surface area contributed by atoms with E-state index in [9.17, 15) is 40.7 Å². The van der Waals surface area contributed by atoms with E-state index in [1.54, 1.807) is 21.9 Å². The van der Waals surface area contributed by atoms with Crippen molar-refractivity contribution in [2.45, 2.75) is 134 Å². The van der Waals surface area contributed by atoms with E-state index in [1.807, 2.05) is 52.5 Å². The number of fused-ring (bicyclic) bond motifs is 2. The fourth-order valence-corrected chi connectivity index (χ4v) is 11.6. The van der Waals surface area contributed by atoms with Gasteiger partial charge in [-0.05, 0) is 147 Å². The van der Waals surface area contributed by atoms with Gasteiger partial charge in [0.2, 0.25) is 0 Å². The summed E-state index contributed by atoms with van der Waals surface area (Å²) in [4.78, 5) is 47.6. The van der Waals surface area contributed by atoms with E-state index in [1.165, 1.54) is 23.5 Å². The molecule has 17 heteroatoms. The monoisotopic (exact) mass is 922 g/mol. The zero-order valence-electron chi connectivity index (χ0n) is 36.6. The molecule has 4 aliphatic rings. The Bertz CT molecular complexity index is 2310. The zero-order valence-corrected chi connectivity index (χ0v) is 38.3. The molecule has 3 amide bonds. The number of ether oxygens (including phenoxy) is 2. The molecule has 344 valence electrons. The lowest BCUT2D eigenvalue weighted by Crippen LogP contribution is -2.55. The summed E-state index contributed by atoms with van der Waals surface area (Å²) in [5.41, 5.74) is -2.62. The Morgan fingerprint density at radius 1 is 0.587 bits per heavy atom. The van der Waals surface area contributed by atoms with E-state index in [4.69, 9.17) is 9.47 Å². The number of rotatable bonds is 3. The summed E-state index contributed by atoms with van der Waals surface area (Å²) in [5.74, 6) is -0.136. The van der Waals surface area contributed by atoms with Gasteiger partial charge in [0.15, 0.2) is 0 Å². The van der Waals surface area contributed by atoms with Crippen LogP contribution in [-0.2, 0) is 28.4 Å². The number of alkyl halides is 6. The third kappa shape index (κ3) is 10.7. The third-order valence-corrected chi connectivity index (χ3v) is 14.7. The van der Waals surface area contributed by atoms with Crippen molar-refractivity contribution >= 4 is 60.9 Å². The molecular formula is C46H56F6N4O5S2. The highest BCUT2D eigenvalue weighted by Crippen LogP contribution is 2.43. The summed E-state index contributed by atoms with van der Waals surface area (Å²) in [6.07, 6.45) is -2.25. The van der Waals surface area contributed by atoms with E-state index in [0.29, 0.717) is 65.2 Å². The van der Waals surface area contributed by atoms with Crippen LogP contribution in [0.15, 0.2) is 48.5 Å². The Balaban J connectivity index is 0.000000189. The molecule has 2 aromatic heterocycles. The summed E-state index contributed by atoms with van der Waals surface area (Å²) in [5, 5.41) is 1.50. The minimum atomic E-state index is -4.41. The predicted molar refractivity (Wildman–Crippen MR) is 233 cm³/mol. The van der Waals surface area contributed by atoms with Gasteiger partial charge in [-0.15, -0.1) is 22.7 Å². The molecule has 0 bridgehead atoms. The Labute approximate surface area is 372 Å². The fourth-order valence-electron chi connectivity index (χ4n) is 9.42. The molecule has 0 saturated carbocycles. The van der Waals surface area contributed by atoms with Gasteiger partial charge in [0.25, 0.3) is 5.91 Å². The Kier molecular flexibility index (Phi) is 12.9. The molecule has 9 nitrogen and oxygen atoms in total. The molecule has 4 saturated heterocycles. The highest BCUT2D eigenvalue weighted by atomic mass is 32.1. The molecular weight excluding hydrogens is 867 g/mol. The molecule has 0 N–H and O–H groups in total. The number of likely N-dealkylation sites (tertiary alicyclic amines) is 4. The Morgan fingerprint density at radius 2 is 1.05 bits per heavy atom. The molecule has 4 fully saturated rings. The van der Waals surface area contributed by atoms with Crippen LogP contribution in [0.5, 0.6) is 0 Å². The smallest absolute Gasteiger partial charge is 0.416 e. The fraction of sp³-hybridized carbons (Fsp3) is 0.587. The first-order valence-corrected chi connectivity index (χ1v) is 23.2. The molecule has 6 heterocycles. The number of hydrogen-bond donors (Lipinski definition) is 0. The van der Waals surface area contributed by atoms with Crippen molar-refractivity contribution in [2.75, 3.05) is 39.3 Å². The SMILES string of the molecule is CC(C)(C)OC(=O)N1CCC2(CCCN2C(=O)c2cc3ccc(C(F)(F)F)cc3s2)CC1.CC(C)(C)OC(=O)N1CCC2(CCCN2Cc2cc3ccc(C(F)(F)F)cc3s2)CC1. The van der Waals surface area contributed by atoms with Crippen LogP contribution in [0.1, 0.15) is 119 Å². The van der Waals surface area contributed by atoms with E-state index in [0.717, 1.165) is 91.4 Å². The van der Waals surface area contributed by atoms with Gasteiger partial charge in [-0.1, -0.05) is 12.1 Å². The number of hydrogen-bond acceptors (Lipinski definition) is 8. The normalized spacial score (nSPS) is 19.5. The second-order valence-electron chi connectivity index (χ2n) is 19.3. The molecule has 4 aromatic rings. The van der Waals surface area contributed by atoms with Gasteiger partial charge in [0.05, 0.1) is 16.0 Å². The summed E-state index contributed by atoms with van der Waals surface area (Å²) in [6.45, 7) is 15.8. The van der Waals surface area contributed by atoms with E-state index in [2.05, 4.69) is 4.90 Å². The minimum absolute atomic E-state index is 0.0613. The molecule has 0 atom stereocenters. The lowest BCUT2D eigenvalue weighted by Gasteiger charge is -2.45. The summed E-state index contributed by atoms with van der Waals surface area (Å²) in [7, 11) is 0. The maximum Gasteiger partial charge on any atom is 0.416 e. The number of piperidine rings is 2. The van der Waals surface area contributed by atoms with Crippen molar-refractivity contribution in [2.24, 2.45) is 0 Å². The third-order valence-electron chi connectivity index (χ3n) is 12.6. The van der Waals surface area contributed by atoms with Crippen molar-refractivity contribution in [1.82, 2.24) is 19.6 Å². The van der Waals surface area contributed by atoms with E-state index >= 15 is 0 Å². The minimum Gasteiger partial charge on any atom is -0.444 e. The Morgan fingerprint density at radius 3 is 1.56 bits per heavy atom. The first-order valence-electron chi connectivity index (χ1n) is 21.6. The first kappa shape index (κ1) is 46.9. The topological polar surface area (TPSA) is 82.6 Å². The van der Waals surface area contributed by atoms with Crippen molar-refractivity contribution in [3.63, 3.8) is 0 Å². The average molecular weight is 923 g/mol. The first-order chi connectivity index (χ1) is 29.3. The lowest BCUT2D eigenvalue weighted by molar-refractivity contribution is -0.138. The maximum absolute atomic E-state index is 13.4. The maximum atomic E-state index is 13.4. The number of amides is 3. The van der Waals surface area contributed by atoms with Crippen molar-refractivity contribution in [3.05, 3.63) is 69.4 Å². The summed E-state index contributed by atoms with van der Waals surface area (Å²) in [6, 6.07) is 11.3. The van der Waals surface area contributed by atoms with Crippen LogP contribution < -0.4 is 0 Å². The van der Waals surface area contributed by atoms with Crippen LogP contribution in [0.2, 0.25) is 0 Å². The average Bonchev–Trinajstić information content (AvgIpc) is 3.98. The van der Waals surface area contributed by atoms with Crippen molar-refractivity contribution in [3.8, 4) is 0 Å². The van der Waals surface area contributed by atoms with Crippen molar-refractivity contribution < 1.29 is 50.2 Å². The standard InChI is InChI=1S/C23H27F3N2O3S.C23H29F3N2O2S/c1-21(2,3)31-20(30)27-11-8-22(9-12-27)7-4-10-28(22)19(29)18-13-15-5-6-16(23(24,25)26)14-17(15)32-18;1-21(2,3)30-20(29)27-11-8-22(9-12-27)7-4-10-28(22)15-18-13-16-5-6-17(23(24,25)26)14-19(16)31-18/h5-6,13-14H,4,7-12H2,1-3H3;5-6,13-14H,4,7-12,15H2,1-3H3.